The third-order valence-corrected chi connectivity index (χ3v) is 7.67. The van der Waals surface area contributed by atoms with Crippen LogP contribution in [0.15, 0.2) is 53.7 Å². The first-order chi connectivity index (χ1) is 16.4. The smallest absolute Gasteiger partial charge is 0.241 e. The molecule has 3 N–H and O–H groups in total. The number of piperazine rings is 1. The van der Waals surface area contributed by atoms with Crippen LogP contribution in [0.1, 0.15) is 12.1 Å². The fourth-order valence-electron chi connectivity index (χ4n) is 4.31. The molecule has 0 spiro atoms. The van der Waals surface area contributed by atoms with Crippen LogP contribution in [0.2, 0.25) is 0 Å². The number of aromatic amines is 1. The van der Waals surface area contributed by atoms with Crippen LogP contribution in [0, 0.1) is 11.3 Å². The van der Waals surface area contributed by atoms with E-state index in [9.17, 15) is 18.5 Å². The van der Waals surface area contributed by atoms with Crippen LogP contribution in [-0.2, 0) is 21.4 Å². The van der Waals surface area contributed by atoms with E-state index >= 15 is 0 Å². The van der Waals surface area contributed by atoms with E-state index < -0.39 is 16.1 Å². The summed E-state index contributed by atoms with van der Waals surface area (Å²) in [6, 6.07) is 11.2. The lowest BCUT2D eigenvalue weighted by Gasteiger charge is -2.36. The predicted molar refractivity (Wildman–Crippen MR) is 126 cm³/mol. The van der Waals surface area contributed by atoms with Crippen LogP contribution < -0.4 is 4.72 Å². The number of hydrogen-bond acceptors (Lipinski definition) is 6. The van der Waals surface area contributed by atoms with Gasteiger partial charge in [-0.05, 0) is 36.8 Å². The Morgan fingerprint density at radius 1 is 1.15 bits per heavy atom. The van der Waals surface area contributed by atoms with Gasteiger partial charge in [-0.15, -0.1) is 0 Å². The van der Waals surface area contributed by atoms with Crippen molar-refractivity contribution in [2.24, 2.45) is 0 Å². The highest BCUT2D eigenvalue weighted by atomic mass is 32.2. The average molecular weight is 485 g/mol. The van der Waals surface area contributed by atoms with E-state index in [2.05, 4.69) is 20.7 Å². The minimum absolute atomic E-state index is 0.0547. The number of aliphatic hydroxyl groups is 1. The molecule has 1 saturated heterocycles. The van der Waals surface area contributed by atoms with Gasteiger partial charge in [0, 0.05) is 62.6 Å². The summed E-state index contributed by atoms with van der Waals surface area (Å²) in [5, 5.41) is 19.0. The molecule has 1 aromatic carbocycles. The van der Waals surface area contributed by atoms with Crippen LogP contribution in [0.5, 0.6) is 0 Å². The van der Waals surface area contributed by atoms with Crippen LogP contribution >= 0.6 is 0 Å². The number of nitrogens with one attached hydrogen (secondary N) is 2. The average Bonchev–Trinajstić information content (AvgIpc) is 3.50. The van der Waals surface area contributed by atoms with E-state index in [0.29, 0.717) is 55.9 Å². The lowest BCUT2D eigenvalue weighted by atomic mass is 10.1. The van der Waals surface area contributed by atoms with Crippen molar-refractivity contribution in [1.29, 1.82) is 5.26 Å². The number of carbonyl (C=O) groups is 1. The van der Waals surface area contributed by atoms with Gasteiger partial charge >= 0.3 is 0 Å². The Bertz CT molecular complexity index is 1280. The third kappa shape index (κ3) is 5.15. The molecule has 2 aromatic heterocycles. The van der Waals surface area contributed by atoms with Crippen LogP contribution in [0.3, 0.4) is 0 Å². The fraction of sp³-hybridized carbons (Fsp3) is 0.391. The maximum absolute atomic E-state index is 13.5. The molecule has 180 valence electrons. The Balaban J connectivity index is 1.56. The van der Waals surface area contributed by atoms with Gasteiger partial charge < -0.3 is 19.6 Å². The molecule has 3 aromatic rings. The van der Waals surface area contributed by atoms with Gasteiger partial charge in [-0.25, -0.2) is 8.42 Å². The normalized spacial score (nSPS) is 15.9. The number of aliphatic hydroxyl groups excluding tert-OH is 1. The van der Waals surface area contributed by atoms with Gasteiger partial charge in [-0.3, -0.25) is 9.69 Å². The van der Waals surface area contributed by atoms with Crippen molar-refractivity contribution >= 4 is 26.8 Å². The zero-order chi connectivity index (χ0) is 24.1. The van der Waals surface area contributed by atoms with Crippen molar-refractivity contribution in [2.75, 3.05) is 39.3 Å². The zero-order valence-electron chi connectivity index (χ0n) is 18.7. The number of nitrogens with zero attached hydrogens (tertiary/aromatic N) is 4. The van der Waals surface area contributed by atoms with E-state index in [4.69, 9.17) is 5.11 Å². The van der Waals surface area contributed by atoms with E-state index in [1.165, 1.54) is 6.07 Å². The number of nitriles is 1. The molecule has 0 radical (unpaired) electrons. The Morgan fingerprint density at radius 3 is 2.68 bits per heavy atom. The number of β-amino-alcohol motifs (C(OH)–C–C–N with tert-alkyl or cyclic N) is 1. The first-order valence-electron chi connectivity index (χ1n) is 11.2. The van der Waals surface area contributed by atoms with Gasteiger partial charge in [0.1, 0.15) is 17.8 Å². The summed E-state index contributed by atoms with van der Waals surface area (Å²) < 4.78 is 31.1. The fourth-order valence-corrected chi connectivity index (χ4v) is 5.75. The number of hydrogen-bond donors (Lipinski definition) is 3. The van der Waals surface area contributed by atoms with Crippen molar-refractivity contribution in [3.63, 3.8) is 0 Å². The first kappa shape index (κ1) is 24.0. The summed E-state index contributed by atoms with van der Waals surface area (Å²) in [6.45, 7) is 3.06. The molecule has 1 aliphatic heterocycles. The Morgan fingerprint density at radius 2 is 1.94 bits per heavy atom. The van der Waals surface area contributed by atoms with E-state index in [0.717, 1.165) is 0 Å². The minimum Gasteiger partial charge on any atom is -0.395 e. The molecule has 1 unspecified atom stereocenters. The van der Waals surface area contributed by atoms with Gasteiger partial charge in [0.05, 0.1) is 11.5 Å². The number of aromatic nitrogens is 2. The second kappa shape index (κ2) is 10.4. The Hall–Kier alpha value is -3.17. The zero-order valence-corrected chi connectivity index (χ0v) is 19.5. The molecule has 0 aliphatic carbocycles. The molecule has 3 heterocycles. The van der Waals surface area contributed by atoms with Crippen molar-refractivity contribution in [3.05, 3.63) is 54.5 Å². The largest absolute Gasteiger partial charge is 0.395 e. The number of H-pyrrole nitrogens is 1. The molecular weight excluding hydrogens is 456 g/mol. The van der Waals surface area contributed by atoms with E-state index in [1.54, 1.807) is 52.2 Å². The number of fused-ring (bicyclic) bond motifs is 1. The van der Waals surface area contributed by atoms with Gasteiger partial charge in [0.25, 0.3) is 0 Å². The van der Waals surface area contributed by atoms with Gasteiger partial charge in [0.2, 0.25) is 15.9 Å². The summed E-state index contributed by atoms with van der Waals surface area (Å²) in [5.41, 5.74) is 1.14. The molecule has 34 heavy (non-hydrogen) atoms. The Labute approximate surface area is 198 Å². The maximum atomic E-state index is 13.5. The number of benzene rings is 1. The summed E-state index contributed by atoms with van der Waals surface area (Å²) in [5.74, 6) is -0.292. The van der Waals surface area contributed by atoms with Crippen molar-refractivity contribution < 1.29 is 18.3 Å². The lowest BCUT2D eigenvalue weighted by molar-refractivity contribution is -0.135. The van der Waals surface area contributed by atoms with Crippen molar-refractivity contribution in [3.8, 4) is 6.07 Å². The molecule has 0 bridgehead atoms. The maximum Gasteiger partial charge on any atom is 0.241 e. The molecule has 0 saturated carbocycles. The topological polar surface area (TPSA) is 134 Å². The number of aryl methyl sites for hydroxylation is 1. The SMILES string of the molecule is N#Cc1cccn1CCC(NS(=O)(=O)c1cccc2[nH]ccc12)C(=O)N1CCN(CCO)CC1. The summed E-state index contributed by atoms with van der Waals surface area (Å²) in [6.07, 6.45) is 3.61. The highest BCUT2D eigenvalue weighted by Crippen LogP contribution is 2.23. The molecule has 1 fully saturated rings. The number of sulfonamides is 1. The first-order valence-corrected chi connectivity index (χ1v) is 12.7. The second-order valence-corrected chi connectivity index (χ2v) is 9.93. The van der Waals surface area contributed by atoms with Crippen LogP contribution in [0.25, 0.3) is 10.9 Å². The van der Waals surface area contributed by atoms with Crippen LogP contribution in [0.4, 0.5) is 0 Å². The third-order valence-electron chi connectivity index (χ3n) is 6.14. The lowest BCUT2D eigenvalue weighted by Crippen LogP contribution is -2.55. The van der Waals surface area contributed by atoms with Crippen molar-refractivity contribution in [2.45, 2.75) is 23.9 Å². The monoisotopic (exact) mass is 484 g/mol. The number of amides is 1. The second-order valence-electron chi connectivity index (χ2n) is 8.25. The summed E-state index contributed by atoms with van der Waals surface area (Å²) in [4.78, 5) is 20.3. The van der Waals surface area contributed by atoms with Gasteiger partial charge in [0.15, 0.2) is 0 Å². The minimum atomic E-state index is -4.00. The number of rotatable bonds is 9. The van der Waals surface area contributed by atoms with E-state index in [1.807, 2.05) is 0 Å². The molecule has 1 amide bonds. The molecule has 11 heteroatoms. The molecular formula is C23H28N6O4S. The highest BCUT2D eigenvalue weighted by molar-refractivity contribution is 7.89. The standard InChI is InChI=1S/C23H28N6O4S/c24-17-18-3-2-9-28(18)10-7-21(23(31)29-13-11-27(12-14-29)15-16-30)26-34(32,33)22-5-1-4-20-19(22)6-8-25-20/h1-6,8-9,21,25-26,30H,7,10-16H2. The summed E-state index contributed by atoms with van der Waals surface area (Å²) >= 11 is 0. The quantitative estimate of drug-likeness (QED) is 0.410. The van der Waals surface area contributed by atoms with E-state index in [-0.39, 0.29) is 23.8 Å². The summed E-state index contributed by atoms with van der Waals surface area (Å²) in [7, 11) is -4.00. The van der Waals surface area contributed by atoms with Crippen LogP contribution in [-0.4, -0.2) is 84.2 Å². The Kier molecular flexibility index (Phi) is 7.33. The molecule has 1 atom stereocenters. The highest BCUT2D eigenvalue weighted by Gasteiger charge is 2.31. The molecule has 4 rings (SSSR count). The van der Waals surface area contributed by atoms with Gasteiger partial charge in [-0.1, -0.05) is 6.07 Å². The van der Waals surface area contributed by atoms with Crippen molar-refractivity contribution in [1.82, 2.24) is 24.1 Å². The van der Waals surface area contributed by atoms with Gasteiger partial charge in [-0.2, -0.15) is 9.98 Å². The number of carbonyl (C=O) groups excluding carboxylic acids is 1. The molecule has 1 aliphatic rings. The molecule has 10 nitrogen and oxygen atoms in total. The predicted octanol–water partition coefficient (Wildman–Crippen LogP) is 0.715.